The quantitative estimate of drug-likeness (QED) is 0.939. The summed E-state index contributed by atoms with van der Waals surface area (Å²) in [5, 5.41) is 5.06. The number of amides is 1. The van der Waals surface area contributed by atoms with Crippen LogP contribution >= 0.6 is 11.3 Å². The van der Waals surface area contributed by atoms with Crippen LogP contribution in [-0.2, 0) is 14.9 Å². The Morgan fingerprint density at radius 2 is 2.00 bits per heavy atom. The Kier molecular flexibility index (Phi) is 4.45. The number of thiophene rings is 1. The van der Waals surface area contributed by atoms with Crippen LogP contribution in [0.1, 0.15) is 17.7 Å². The highest BCUT2D eigenvalue weighted by atomic mass is 32.1. The zero-order valence-electron chi connectivity index (χ0n) is 12.5. The minimum absolute atomic E-state index is 0.0164. The van der Waals surface area contributed by atoms with Crippen LogP contribution in [-0.4, -0.2) is 26.2 Å². The molecule has 2 heterocycles. The SMILES string of the molecule is COc1ccccc1NC(=O)C1(c2cccs2)CCOCC1. The molecule has 0 unspecified atom stereocenters. The van der Waals surface area contributed by atoms with Crippen molar-refractivity contribution < 1.29 is 14.3 Å². The van der Waals surface area contributed by atoms with E-state index in [1.165, 1.54) is 0 Å². The molecular formula is C17H19NO3S. The van der Waals surface area contributed by atoms with Gasteiger partial charge in [-0.05, 0) is 36.4 Å². The van der Waals surface area contributed by atoms with Crippen molar-refractivity contribution in [3.63, 3.8) is 0 Å². The summed E-state index contributed by atoms with van der Waals surface area (Å²) < 4.78 is 10.8. The second-order valence-electron chi connectivity index (χ2n) is 5.33. The highest BCUT2D eigenvalue weighted by Gasteiger charge is 2.42. The van der Waals surface area contributed by atoms with Gasteiger partial charge in [-0.25, -0.2) is 0 Å². The van der Waals surface area contributed by atoms with Crippen LogP contribution in [0.25, 0.3) is 0 Å². The molecule has 116 valence electrons. The molecule has 22 heavy (non-hydrogen) atoms. The van der Waals surface area contributed by atoms with E-state index in [0.717, 1.165) is 4.88 Å². The van der Waals surface area contributed by atoms with Gasteiger partial charge in [0.2, 0.25) is 5.91 Å². The van der Waals surface area contributed by atoms with E-state index in [1.807, 2.05) is 41.8 Å². The Balaban J connectivity index is 1.90. The average Bonchev–Trinajstić information content (AvgIpc) is 3.11. The maximum Gasteiger partial charge on any atom is 0.236 e. The molecule has 0 saturated carbocycles. The fourth-order valence-electron chi connectivity index (χ4n) is 2.85. The Bertz CT molecular complexity index is 633. The highest BCUT2D eigenvalue weighted by molar-refractivity contribution is 7.10. The van der Waals surface area contributed by atoms with Gasteiger partial charge in [-0.1, -0.05) is 18.2 Å². The Hall–Kier alpha value is -1.85. The van der Waals surface area contributed by atoms with Crippen LogP contribution in [0.4, 0.5) is 5.69 Å². The van der Waals surface area contributed by atoms with E-state index in [1.54, 1.807) is 18.4 Å². The van der Waals surface area contributed by atoms with E-state index >= 15 is 0 Å². The standard InChI is InChI=1S/C17H19NO3S/c1-20-14-6-3-2-5-13(14)18-16(19)17(8-10-21-11-9-17)15-7-4-12-22-15/h2-7,12H,8-11H2,1H3,(H,18,19). The number of hydrogen-bond acceptors (Lipinski definition) is 4. The average molecular weight is 317 g/mol. The number of carbonyl (C=O) groups excluding carboxylic acids is 1. The Labute approximate surface area is 134 Å². The van der Waals surface area contributed by atoms with Crippen LogP contribution in [0, 0.1) is 0 Å². The van der Waals surface area contributed by atoms with Crippen molar-refractivity contribution in [2.24, 2.45) is 0 Å². The highest BCUT2D eigenvalue weighted by Crippen LogP contribution is 2.39. The predicted molar refractivity (Wildman–Crippen MR) is 87.7 cm³/mol. The first-order valence-corrected chi connectivity index (χ1v) is 8.20. The summed E-state index contributed by atoms with van der Waals surface area (Å²) in [6.45, 7) is 1.22. The predicted octanol–water partition coefficient (Wildman–Crippen LogP) is 3.44. The zero-order chi connectivity index (χ0) is 15.4. The minimum Gasteiger partial charge on any atom is -0.495 e. The molecule has 1 N–H and O–H groups in total. The number of hydrogen-bond donors (Lipinski definition) is 1. The summed E-state index contributed by atoms with van der Waals surface area (Å²) in [5.74, 6) is 0.687. The van der Waals surface area contributed by atoms with Crippen molar-refractivity contribution in [1.82, 2.24) is 0 Å². The number of ether oxygens (including phenoxy) is 2. The van der Waals surface area contributed by atoms with Gasteiger partial charge in [0, 0.05) is 18.1 Å². The van der Waals surface area contributed by atoms with Crippen LogP contribution in [0.2, 0.25) is 0 Å². The third-order valence-corrected chi connectivity index (χ3v) is 5.20. The molecule has 0 aliphatic carbocycles. The molecule has 4 nitrogen and oxygen atoms in total. The molecule has 1 aromatic heterocycles. The maximum atomic E-state index is 13.0. The van der Waals surface area contributed by atoms with Crippen LogP contribution in [0.3, 0.4) is 0 Å². The number of rotatable bonds is 4. The van der Waals surface area contributed by atoms with Gasteiger partial charge in [-0.15, -0.1) is 11.3 Å². The van der Waals surface area contributed by atoms with Gasteiger partial charge < -0.3 is 14.8 Å². The molecule has 0 bridgehead atoms. The lowest BCUT2D eigenvalue weighted by atomic mass is 9.78. The van der Waals surface area contributed by atoms with E-state index in [9.17, 15) is 4.79 Å². The molecular weight excluding hydrogens is 298 g/mol. The van der Waals surface area contributed by atoms with Crippen LogP contribution in [0.5, 0.6) is 5.75 Å². The molecule has 0 radical (unpaired) electrons. The molecule has 1 aliphatic heterocycles. The van der Waals surface area contributed by atoms with Gasteiger partial charge >= 0.3 is 0 Å². The van der Waals surface area contributed by atoms with Crippen molar-refractivity contribution >= 4 is 22.9 Å². The molecule has 5 heteroatoms. The second kappa shape index (κ2) is 6.50. The lowest BCUT2D eigenvalue weighted by Gasteiger charge is -2.35. The first-order valence-electron chi connectivity index (χ1n) is 7.32. The summed E-state index contributed by atoms with van der Waals surface area (Å²) in [7, 11) is 1.61. The monoisotopic (exact) mass is 317 g/mol. The zero-order valence-corrected chi connectivity index (χ0v) is 13.3. The lowest BCUT2D eigenvalue weighted by molar-refractivity contribution is -0.125. The number of carbonyl (C=O) groups is 1. The minimum atomic E-state index is -0.507. The number of para-hydroxylation sites is 2. The maximum absolute atomic E-state index is 13.0. The second-order valence-corrected chi connectivity index (χ2v) is 6.27. The Morgan fingerprint density at radius 1 is 1.23 bits per heavy atom. The molecule has 0 atom stereocenters. The van der Waals surface area contributed by atoms with Crippen molar-refractivity contribution in [3.05, 3.63) is 46.7 Å². The van der Waals surface area contributed by atoms with E-state index in [4.69, 9.17) is 9.47 Å². The first-order chi connectivity index (χ1) is 10.8. The summed E-state index contributed by atoms with van der Waals surface area (Å²) >= 11 is 1.63. The van der Waals surface area contributed by atoms with E-state index in [2.05, 4.69) is 5.32 Å². The molecule has 3 rings (SSSR count). The normalized spacial score (nSPS) is 17.0. The summed E-state index contributed by atoms with van der Waals surface area (Å²) in [6, 6.07) is 11.5. The molecule has 1 aliphatic rings. The lowest BCUT2D eigenvalue weighted by Crippen LogP contribution is -2.44. The van der Waals surface area contributed by atoms with Crippen molar-refractivity contribution in [2.75, 3.05) is 25.6 Å². The molecule has 1 fully saturated rings. The third-order valence-electron chi connectivity index (χ3n) is 4.13. The smallest absolute Gasteiger partial charge is 0.236 e. The fraction of sp³-hybridized carbons (Fsp3) is 0.353. The largest absolute Gasteiger partial charge is 0.495 e. The Morgan fingerprint density at radius 3 is 2.68 bits per heavy atom. The molecule has 1 saturated heterocycles. The number of benzene rings is 1. The first kappa shape index (κ1) is 15.1. The van der Waals surface area contributed by atoms with Gasteiger partial charge in [-0.3, -0.25) is 4.79 Å². The van der Waals surface area contributed by atoms with Gasteiger partial charge in [0.1, 0.15) is 5.75 Å². The van der Waals surface area contributed by atoms with Gasteiger partial charge in [0.15, 0.2) is 0 Å². The van der Waals surface area contributed by atoms with Crippen molar-refractivity contribution in [2.45, 2.75) is 18.3 Å². The van der Waals surface area contributed by atoms with Gasteiger partial charge in [0.05, 0.1) is 18.2 Å². The summed E-state index contributed by atoms with van der Waals surface area (Å²) in [4.78, 5) is 14.1. The third kappa shape index (κ3) is 2.74. The van der Waals surface area contributed by atoms with Crippen molar-refractivity contribution in [1.29, 1.82) is 0 Å². The number of nitrogens with one attached hydrogen (secondary N) is 1. The number of methoxy groups -OCH3 is 1. The van der Waals surface area contributed by atoms with E-state index < -0.39 is 5.41 Å². The summed E-state index contributed by atoms with van der Waals surface area (Å²) in [5.41, 5.74) is 0.199. The summed E-state index contributed by atoms with van der Waals surface area (Å²) in [6.07, 6.45) is 1.41. The van der Waals surface area contributed by atoms with Crippen LogP contribution in [0.15, 0.2) is 41.8 Å². The van der Waals surface area contributed by atoms with E-state index in [-0.39, 0.29) is 5.91 Å². The molecule has 2 aromatic rings. The van der Waals surface area contributed by atoms with Gasteiger partial charge in [0.25, 0.3) is 0 Å². The molecule has 1 amide bonds. The van der Waals surface area contributed by atoms with E-state index in [0.29, 0.717) is 37.5 Å². The number of anilines is 1. The van der Waals surface area contributed by atoms with Crippen molar-refractivity contribution in [3.8, 4) is 5.75 Å². The molecule has 0 spiro atoms. The fourth-order valence-corrected chi connectivity index (χ4v) is 3.83. The molecule has 1 aromatic carbocycles. The van der Waals surface area contributed by atoms with Crippen LogP contribution < -0.4 is 10.1 Å². The topological polar surface area (TPSA) is 47.6 Å². The van der Waals surface area contributed by atoms with Gasteiger partial charge in [-0.2, -0.15) is 0 Å².